The molecular formula is C10H14BrN3O. The minimum Gasteiger partial charge on any atom is -0.395 e. The van der Waals surface area contributed by atoms with Crippen LogP contribution in [-0.2, 0) is 0 Å². The molecule has 0 aliphatic heterocycles. The van der Waals surface area contributed by atoms with Crippen LogP contribution in [0.5, 0.6) is 0 Å². The molecule has 1 N–H and O–H groups in total. The van der Waals surface area contributed by atoms with Gasteiger partial charge in [-0.05, 0) is 35.2 Å². The molecule has 1 aromatic heterocycles. The van der Waals surface area contributed by atoms with E-state index in [4.69, 9.17) is 5.11 Å². The van der Waals surface area contributed by atoms with Crippen molar-refractivity contribution in [1.29, 1.82) is 0 Å². The average Bonchev–Trinajstić information content (AvgIpc) is 2.16. The van der Waals surface area contributed by atoms with Crippen molar-refractivity contribution in [3.63, 3.8) is 0 Å². The van der Waals surface area contributed by atoms with Gasteiger partial charge in [0.2, 0.25) is 5.95 Å². The fourth-order valence-corrected chi connectivity index (χ4v) is 1.91. The highest BCUT2D eigenvalue weighted by molar-refractivity contribution is 9.10. The molecule has 0 spiro atoms. The summed E-state index contributed by atoms with van der Waals surface area (Å²) in [5.41, 5.74) is 0. The van der Waals surface area contributed by atoms with Crippen molar-refractivity contribution >= 4 is 21.9 Å². The number of aliphatic hydroxyl groups is 1. The van der Waals surface area contributed by atoms with E-state index in [1.807, 2.05) is 0 Å². The van der Waals surface area contributed by atoms with Gasteiger partial charge in [0.15, 0.2) is 0 Å². The van der Waals surface area contributed by atoms with Crippen molar-refractivity contribution in [2.45, 2.75) is 25.3 Å². The second kappa shape index (κ2) is 4.90. The summed E-state index contributed by atoms with van der Waals surface area (Å²) >= 11 is 3.31. The van der Waals surface area contributed by atoms with Crippen molar-refractivity contribution in [1.82, 2.24) is 9.97 Å². The predicted octanol–water partition coefficient (Wildman–Crippen LogP) is 1.59. The Morgan fingerprint density at radius 1 is 1.40 bits per heavy atom. The second-order valence-corrected chi connectivity index (χ2v) is 4.62. The molecule has 1 saturated carbocycles. The first-order chi connectivity index (χ1) is 7.31. The number of rotatable bonds is 4. The number of hydrogen-bond acceptors (Lipinski definition) is 4. The lowest BCUT2D eigenvalue weighted by Crippen LogP contribution is -2.42. The first-order valence-corrected chi connectivity index (χ1v) is 5.95. The molecular weight excluding hydrogens is 258 g/mol. The molecule has 1 aliphatic carbocycles. The van der Waals surface area contributed by atoms with Crippen LogP contribution in [0, 0.1) is 0 Å². The Hall–Kier alpha value is -0.680. The molecule has 2 rings (SSSR count). The highest BCUT2D eigenvalue weighted by atomic mass is 79.9. The van der Waals surface area contributed by atoms with E-state index in [1.54, 1.807) is 12.4 Å². The SMILES string of the molecule is OCCN(c1ncc(Br)cn1)C1CCC1. The molecule has 0 bridgehead atoms. The number of aliphatic hydroxyl groups excluding tert-OH is 1. The average molecular weight is 272 g/mol. The van der Waals surface area contributed by atoms with E-state index in [9.17, 15) is 0 Å². The highest BCUT2D eigenvalue weighted by Crippen LogP contribution is 2.27. The summed E-state index contributed by atoms with van der Waals surface area (Å²) in [6, 6.07) is 0.512. The maximum atomic E-state index is 9.01. The smallest absolute Gasteiger partial charge is 0.225 e. The number of aromatic nitrogens is 2. The van der Waals surface area contributed by atoms with Crippen molar-refractivity contribution in [2.24, 2.45) is 0 Å². The molecule has 0 aromatic carbocycles. The van der Waals surface area contributed by atoms with Gasteiger partial charge >= 0.3 is 0 Å². The van der Waals surface area contributed by atoms with Crippen LogP contribution in [0.4, 0.5) is 5.95 Å². The largest absolute Gasteiger partial charge is 0.395 e. The summed E-state index contributed by atoms with van der Waals surface area (Å²) in [4.78, 5) is 10.6. The van der Waals surface area contributed by atoms with Gasteiger partial charge in [-0.25, -0.2) is 9.97 Å². The van der Waals surface area contributed by atoms with Gasteiger partial charge in [-0.2, -0.15) is 0 Å². The van der Waals surface area contributed by atoms with E-state index in [1.165, 1.54) is 19.3 Å². The van der Waals surface area contributed by atoms with Crippen LogP contribution in [0.15, 0.2) is 16.9 Å². The van der Waals surface area contributed by atoms with Gasteiger partial charge in [0.25, 0.3) is 0 Å². The Balaban J connectivity index is 2.12. The fourth-order valence-electron chi connectivity index (χ4n) is 1.71. The zero-order chi connectivity index (χ0) is 10.7. The number of halogens is 1. The molecule has 0 radical (unpaired) electrons. The van der Waals surface area contributed by atoms with E-state index in [-0.39, 0.29) is 6.61 Å². The third-order valence-corrected chi connectivity index (χ3v) is 3.13. The lowest BCUT2D eigenvalue weighted by Gasteiger charge is -2.37. The van der Waals surface area contributed by atoms with E-state index >= 15 is 0 Å². The van der Waals surface area contributed by atoms with Crippen LogP contribution in [0.3, 0.4) is 0 Å². The first-order valence-electron chi connectivity index (χ1n) is 5.16. The van der Waals surface area contributed by atoms with E-state index in [2.05, 4.69) is 30.8 Å². The molecule has 0 saturated heterocycles. The first kappa shape index (κ1) is 10.8. The van der Waals surface area contributed by atoms with E-state index in [0.29, 0.717) is 12.6 Å². The molecule has 1 fully saturated rings. The molecule has 1 aromatic rings. The summed E-state index contributed by atoms with van der Waals surface area (Å²) < 4.78 is 0.879. The topological polar surface area (TPSA) is 49.2 Å². The van der Waals surface area contributed by atoms with Crippen LogP contribution < -0.4 is 4.90 Å². The molecule has 15 heavy (non-hydrogen) atoms. The minimum absolute atomic E-state index is 0.149. The van der Waals surface area contributed by atoms with Crippen molar-refractivity contribution in [3.8, 4) is 0 Å². The standard InChI is InChI=1S/C10H14BrN3O/c11-8-6-12-10(13-7-8)14(4-5-15)9-2-1-3-9/h6-7,9,15H,1-5H2. The summed E-state index contributed by atoms with van der Waals surface area (Å²) in [6.07, 6.45) is 7.11. The maximum Gasteiger partial charge on any atom is 0.225 e. The predicted molar refractivity (Wildman–Crippen MR) is 61.8 cm³/mol. The number of nitrogens with zero attached hydrogens (tertiary/aromatic N) is 3. The zero-order valence-electron chi connectivity index (χ0n) is 8.43. The van der Waals surface area contributed by atoms with Gasteiger partial charge in [0.1, 0.15) is 0 Å². The Bertz CT molecular complexity index is 313. The molecule has 0 unspecified atom stereocenters. The maximum absolute atomic E-state index is 9.01. The quantitative estimate of drug-likeness (QED) is 0.904. The van der Waals surface area contributed by atoms with Gasteiger partial charge in [-0.3, -0.25) is 0 Å². The molecule has 0 atom stereocenters. The Morgan fingerprint density at radius 3 is 2.53 bits per heavy atom. The van der Waals surface area contributed by atoms with Crippen molar-refractivity contribution < 1.29 is 5.11 Å². The summed E-state index contributed by atoms with van der Waals surface area (Å²) in [5, 5.41) is 9.01. The van der Waals surface area contributed by atoms with Gasteiger partial charge in [-0.15, -0.1) is 0 Å². The van der Waals surface area contributed by atoms with Crippen LogP contribution in [0.1, 0.15) is 19.3 Å². The molecule has 0 amide bonds. The summed E-state index contributed by atoms with van der Waals surface area (Å²) in [6.45, 7) is 0.766. The Morgan fingerprint density at radius 2 is 2.07 bits per heavy atom. The van der Waals surface area contributed by atoms with E-state index < -0.39 is 0 Å². The van der Waals surface area contributed by atoms with Gasteiger partial charge in [0.05, 0.1) is 11.1 Å². The molecule has 1 heterocycles. The lowest BCUT2D eigenvalue weighted by atomic mass is 9.92. The van der Waals surface area contributed by atoms with Crippen LogP contribution in [0.25, 0.3) is 0 Å². The monoisotopic (exact) mass is 271 g/mol. The van der Waals surface area contributed by atoms with Crippen LogP contribution in [0.2, 0.25) is 0 Å². The number of hydrogen-bond donors (Lipinski definition) is 1. The highest BCUT2D eigenvalue weighted by Gasteiger charge is 2.26. The third kappa shape index (κ3) is 2.46. The zero-order valence-corrected chi connectivity index (χ0v) is 10.0. The second-order valence-electron chi connectivity index (χ2n) is 3.70. The molecule has 4 nitrogen and oxygen atoms in total. The van der Waals surface area contributed by atoms with Crippen LogP contribution in [-0.4, -0.2) is 34.3 Å². The van der Waals surface area contributed by atoms with Gasteiger partial charge in [0, 0.05) is 25.0 Å². The third-order valence-electron chi connectivity index (χ3n) is 2.72. The summed E-state index contributed by atoms with van der Waals surface area (Å²) in [7, 11) is 0. The number of anilines is 1. The van der Waals surface area contributed by atoms with Crippen molar-refractivity contribution in [3.05, 3.63) is 16.9 Å². The lowest BCUT2D eigenvalue weighted by molar-refractivity contribution is 0.282. The fraction of sp³-hybridized carbons (Fsp3) is 0.600. The van der Waals surface area contributed by atoms with Crippen LogP contribution >= 0.6 is 15.9 Å². The minimum atomic E-state index is 0.149. The van der Waals surface area contributed by atoms with Gasteiger partial charge in [-0.1, -0.05) is 0 Å². The normalized spacial score (nSPS) is 16.1. The molecule has 5 heteroatoms. The van der Waals surface area contributed by atoms with Gasteiger partial charge < -0.3 is 10.0 Å². The summed E-state index contributed by atoms with van der Waals surface area (Å²) in [5.74, 6) is 0.719. The van der Waals surface area contributed by atoms with Crippen molar-refractivity contribution in [2.75, 3.05) is 18.1 Å². The Kier molecular flexibility index (Phi) is 3.53. The molecule has 1 aliphatic rings. The molecule has 82 valence electrons. The van der Waals surface area contributed by atoms with E-state index in [0.717, 1.165) is 10.4 Å². The Labute approximate surface area is 97.5 Å².